The number of amides is 1. The topological polar surface area (TPSA) is 131 Å². The number of hydrogen-bond acceptors (Lipinski definition) is 8. The van der Waals surface area contributed by atoms with Gasteiger partial charge < -0.3 is 26.0 Å². The zero-order valence-corrected chi connectivity index (χ0v) is 16.2. The summed E-state index contributed by atoms with van der Waals surface area (Å²) in [5.74, 6) is -0.456. The van der Waals surface area contributed by atoms with Gasteiger partial charge in [-0.1, -0.05) is 0 Å². The summed E-state index contributed by atoms with van der Waals surface area (Å²) in [6, 6.07) is 3.96. The summed E-state index contributed by atoms with van der Waals surface area (Å²) in [5.41, 5.74) is 6.51. The van der Waals surface area contributed by atoms with Crippen molar-refractivity contribution in [1.29, 1.82) is 0 Å². The van der Waals surface area contributed by atoms with E-state index in [2.05, 4.69) is 15.3 Å². The second-order valence-corrected chi connectivity index (χ2v) is 7.88. The minimum atomic E-state index is -1.05. The first-order chi connectivity index (χ1) is 13.8. The first-order valence-electron chi connectivity index (χ1n) is 8.98. The zero-order chi connectivity index (χ0) is 20.7. The summed E-state index contributed by atoms with van der Waals surface area (Å²) in [6.45, 7) is 1.76. The minimum Gasteiger partial charge on any atom is -0.485 e. The Morgan fingerprint density at radius 3 is 2.83 bits per heavy atom. The Morgan fingerprint density at radius 2 is 2.14 bits per heavy atom. The molecule has 1 fully saturated rings. The summed E-state index contributed by atoms with van der Waals surface area (Å²) >= 11 is 1.17. The number of fused-ring (bicyclic) bond motifs is 1. The molecule has 1 aliphatic carbocycles. The number of rotatable bonds is 5. The Labute approximate surface area is 169 Å². The molecule has 3 atom stereocenters. The number of aromatic nitrogens is 2. The average Bonchev–Trinajstić information content (AvgIpc) is 3.19. The van der Waals surface area contributed by atoms with Crippen LogP contribution in [0.1, 0.15) is 28.1 Å². The second-order valence-electron chi connectivity index (χ2n) is 6.88. The van der Waals surface area contributed by atoms with E-state index in [1.54, 1.807) is 6.92 Å². The highest BCUT2D eigenvalue weighted by Gasteiger charge is 2.35. The van der Waals surface area contributed by atoms with Gasteiger partial charge in [-0.15, -0.1) is 11.3 Å². The summed E-state index contributed by atoms with van der Waals surface area (Å²) in [4.78, 5) is 21.1. The van der Waals surface area contributed by atoms with E-state index >= 15 is 0 Å². The normalized spacial score (nSPS) is 21.4. The number of benzene rings is 1. The molecule has 3 aromatic rings. The molecule has 1 saturated carbocycles. The zero-order valence-electron chi connectivity index (χ0n) is 15.4. The van der Waals surface area contributed by atoms with Crippen molar-refractivity contribution in [2.75, 3.05) is 5.32 Å². The number of aliphatic hydroxyl groups excluding tert-OH is 2. The molecule has 4 rings (SSSR count). The maximum atomic E-state index is 13.8. The van der Waals surface area contributed by atoms with Crippen LogP contribution in [0.2, 0.25) is 0 Å². The van der Waals surface area contributed by atoms with Gasteiger partial charge in [0.1, 0.15) is 40.8 Å². The number of nitrogens with two attached hydrogens (primary N) is 1. The third-order valence-electron chi connectivity index (χ3n) is 4.95. The number of anilines is 2. The Balaban J connectivity index is 1.71. The number of hydrogen-bond donors (Lipinski definition) is 4. The number of halogens is 1. The SMILES string of the molecule is Cc1c(C(N)=O)sc2ncnc(Nc3ccc(F)cc3OC3CC[C@H](O)[C@@H]3O)c12. The maximum Gasteiger partial charge on any atom is 0.259 e. The van der Waals surface area contributed by atoms with E-state index in [-0.39, 0.29) is 5.75 Å². The number of primary amides is 1. The second kappa shape index (κ2) is 7.54. The van der Waals surface area contributed by atoms with Crippen LogP contribution in [0.15, 0.2) is 24.5 Å². The van der Waals surface area contributed by atoms with Gasteiger partial charge in [0.15, 0.2) is 0 Å². The van der Waals surface area contributed by atoms with Crippen molar-refractivity contribution in [3.63, 3.8) is 0 Å². The van der Waals surface area contributed by atoms with Gasteiger partial charge in [0.2, 0.25) is 0 Å². The molecule has 5 N–H and O–H groups in total. The molecular weight excluding hydrogens is 399 g/mol. The predicted octanol–water partition coefficient (Wildman–Crippen LogP) is 2.24. The monoisotopic (exact) mass is 418 g/mol. The lowest BCUT2D eigenvalue weighted by Gasteiger charge is -2.21. The number of carbonyl (C=O) groups is 1. The van der Waals surface area contributed by atoms with Crippen LogP contribution in [-0.4, -0.2) is 44.4 Å². The van der Waals surface area contributed by atoms with Crippen molar-refractivity contribution >= 4 is 39.0 Å². The first-order valence-corrected chi connectivity index (χ1v) is 9.80. The van der Waals surface area contributed by atoms with Gasteiger partial charge in [0.25, 0.3) is 5.91 Å². The minimum absolute atomic E-state index is 0.179. The Bertz CT molecular complexity index is 1090. The number of ether oxygens (including phenoxy) is 1. The molecule has 29 heavy (non-hydrogen) atoms. The molecule has 0 bridgehead atoms. The average molecular weight is 418 g/mol. The van der Waals surface area contributed by atoms with Gasteiger partial charge in [-0.3, -0.25) is 4.79 Å². The van der Waals surface area contributed by atoms with E-state index in [0.29, 0.717) is 45.0 Å². The Kier molecular flexibility index (Phi) is 5.07. The van der Waals surface area contributed by atoms with E-state index < -0.39 is 30.0 Å². The molecule has 0 spiro atoms. The molecule has 0 aliphatic heterocycles. The molecule has 152 valence electrons. The van der Waals surface area contributed by atoms with Gasteiger partial charge in [0, 0.05) is 6.07 Å². The third-order valence-corrected chi connectivity index (χ3v) is 6.16. The van der Waals surface area contributed by atoms with Crippen molar-refractivity contribution in [2.24, 2.45) is 5.73 Å². The number of thiophene rings is 1. The van der Waals surface area contributed by atoms with Crippen molar-refractivity contribution in [1.82, 2.24) is 9.97 Å². The van der Waals surface area contributed by atoms with Gasteiger partial charge in [-0.05, 0) is 37.5 Å². The summed E-state index contributed by atoms with van der Waals surface area (Å²) in [7, 11) is 0. The van der Waals surface area contributed by atoms with Crippen molar-refractivity contribution in [3.8, 4) is 5.75 Å². The van der Waals surface area contributed by atoms with E-state index in [9.17, 15) is 19.4 Å². The fourth-order valence-corrected chi connectivity index (χ4v) is 4.44. The molecule has 10 heteroatoms. The van der Waals surface area contributed by atoms with Crippen LogP contribution in [0.4, 0.5) is 15.9 Å². The maximum absolute atomic E-state index is 13.8. The van der Waals surface area contributed by atoms with Crippen LogP contribution < -0.4 is 15.8 Å². The molecular formula is C19H19FN4O4S. The van der Waals surface area contributed by atoms with Crippen LogP contribution in [0, 0.1) is 12.7 Å². The largest absolute Gasteiger partial charge is 0.485 e. The third kappa shape index (κ3) is 3.61. The number of nitrogens with zero attached hydrogens (tertiary/aromatic N) is 2. The van der Waals surface area contributed by atoms with Gasteiger partial charge >= 0.3 is 0 Å². The predicted molar refractivity (Wildman–Crippen MR) is 106 cm³/mol. The number of aryl methyl sites for hydroxylation is 1. The number of carbonyl (C=O) groups excluding carboxylic acids is 1. The fraction of sp³-hybridized carbons (Fsp3) is 0.316. The highest BCUT2D eigenvalue weighted by atomic mass is 32.1. The first kappa shape index (κ1) is 19.5. The molecule has 8 nitrogen and oxygen atoms in total. The lowest BCUT2D eigenvalue weighted by atomic mass is 10.2. The number of nitrogens with one attached hydrogen (secondary N) is 1. The lowest BCUT2D eigenvalue weighted by Crippen LogP contribution is -2.32. The van der Waals surface area contributed by atoms with Crippen LogP contribution in [0.5, 0.6) is 5.75 Å². The van der Waals surface area contributed by atoms with Crippen LogP contribution >= 0.6 is 11.3 Å². The molecule has 0 saturated heterocycles. The molecule has 1 aromatic carbocycles. The van der Waals surface area contributed by atoms with Gasteiger partial charge in [0.05, 0.1) is 22.1 Å². The van der Waals surface area contributed by atoms with Crippen LogP contribution in [0.25, 0.3) is 10.2 Å². The summed E-state index contributed by atoms with van der Waals surface area (Å²) in [6.07, 6.45) is -0.363. The van der Waals surface area contributed by atoms with E-state index in [1.807, 2.05) is 0 Å². The van der Waals surface area contributed by atoms with Crippen molar-refractivity contribution < 1.29 is 24.1 Å². The van der Waals surface area contributed by atoms with E-state index in [4.69, 9.17) is 10.5 Å². The quantitative estimate of drug-likeness (QED) is 0.500. The lowest BCUT2D eigenvalue weighted by molar-refractivity contribution is -0.00860. The smallest absolute Gasteiger partial charge is 0.259 e. The molecule has 1 unspecified atom stereocenters. The van der Waals surface area contributed by atoms with Gasteiger partial charge in [-0.2, -0.15) is 0 Å². The Hall–Kier alpha value is -2.82. The van der Waals surface area contributed by atoms with Crippen LogP contribution in [-0.2, 0) is 0 Å². The molecule has 1 aliphatic rings. The highest BCUT2D eigenvalue weighted by molar-refractivity contribution is 7.20. The van der Waals surface area contributed by atoms with Gasteiger partial charge in [-0.25, -0.2) is 14.4 Å². The summed E-state index contributed by atoms with van der Waals surface area (Å²) in [5, 5.41) is 23.5. The van der Waals surface area contributed by atoms with Crippen molar-refractivity contribution in [2.45, 2.75) is 38.1 Å². The molecule has 2 heterocycles. The number of aliphatic hydroxyl groups is 2. The fourth-order valence-electron chi connectivity index (χ4n) is 3.44. The molecule has 0 radical (unpaired) electrons. The molecule has 1 amide bonds. The summed E-state index contributed by atoms with van der Waals surface area (Å²) < 4.78 is 19.6. The van der Waals surface area contributed by atoms with E-state index in [1.165, 1.54) is 35.9 Å². The highest BCUT2D eigenvalue weighted by Crippen LogP contribution is 2.37. The Morgan fingerprint density at radius 1 is 1.34 bits per heavy atom. The standard InChI is InChI=1S/C19H19FN4O4S/c1-8-14-18(22-7-23-19(14)29-16(8)17(21)27)24-10-3-2-9(20)6-13(10)28-12-5-4-11(25)15(12)26/h2-3,6-7,11-12,15,25-26H,4-5H2,1H3,(H2,21,27)(H,22,23,24)/t11-,12?,15-/m0/s1. The van der Waals surface area contributed by atoms with E-state index in [0.717, 1.165) is 0 Å². The van der Waals surface area contributed by atoms with Crippen molar-refractivity contribution in [3.05, 3.63) is 40.8 Å². The van der Waals surface area contributed by atoms with Crippen LogP contribution in [0.3, 0.4) is 0 Å². The molecule has 2 aromatic heterocycles.